The van der Waals surface area contributed by atoms with Crippen molar-refractivity contribution in [1.82, 2.24) is 0 Å². The molecule has 0 amide bonds. The lowest BCUT2D eigenvalue weighted by atomic mass is 9.70. The first kappa shape index (κ1) is 10.8. The third-order valence-electron chi connectivity index (χ3n) is 2.03. The lowest BCUT2D eigenvalue weighted by Gasteiger charge is -2.40. The molecule has 4 heteroatoms. The minimum atomic E-state index is -1.36. The van der Waals surface area contributed by atoms with Crippen LogP contribution in [0.4, 0.5) is 0 Å². The van der Waals surface area contributed by atoms with Crippen LogP contribution in [0.3, 0.4) is 0 Å². The summed E-state index contributed by atoms with van der Waals surface area (Å²) >= 11 is 0. The predicted molar refractivity (Wildman–Crippen MR) is 52.1 cm³/mol. The standard InChI is InChI=1S/C9H17BO3/c1-8(2)5-7(10(11)12)6-9(3,4)13-8/h5,11-12H,6H2,1-4H3. The van der Waals surface area contributed by atoms with Gasteiger partial charge in [-0.1, -0.05) is 6.08 Å². The second kappa shape index (κ2) is 3.12. The van der Waals surface area contributed by atoms with E-state index in [2.05, 4.69) is 0 Å². The molecule has 74 valence electrons. The van der Waals surface area contributed by atoms with Gasteiger partial charge in [-0.25, -0.2) is 0 Å². The van der Waals surface area contributed by atoms with Crippen LogP contribution < -0.4 is 0 Å². The third kappa shape index (κ3) is 2.83. The fourth-order valence-corrected chi connectivity index (χ4v) is 1.93. The van der Waals surface area contributed by atoms with Crippen LogP contribution in [0.1, 0.15) is 34.1 Å². The summed E-state index contributed by atoms with van der Waals surface area (Å²) in [6.45, 7) is 7.72. The molecule has 0 bridgehead atoms. The molecule has 1 aliphatic heterocycles. The molecule has 3 nitrogen and oxygen atoms in total. The third-order valence-corrected chi connectivity index (χ3v) is 2.03. The lowest BCUT2D eigenvalue weighted by molar-refractivity contribution is -0.105. The molecule has 0 radical (unpaired) electrons. The van der Waals surface area contributed by atoms with Gasteiger partial charge in [-0.3, -0.25) is 0 Å². The van der Waals surface area contributed by atoms with Crippen molar-refractivity contribution in [2.75, 3.05) is 0 Å². The Morgan fingerprint density at radius 3 is 2.23 bits per heavy atom. The number of rotatable bonds is 1. The molecular formula is C9H17BO3. The van der Waals surface area contributed by atoms with E-state index in [4.69, 9.17) is 14.8 Å². The summed E-state index contributed by atoms with van der Waals surface area (Å²) in [5.41, 5.74) is -0.0980. The van der Waals surface area contributed by atoms with Crippen LogP contribution in [-0.2, 0) is 4.74 Å². The van der Waals surface area contributed by atoms with Gasteiger partial charge in [0.15, 0.2) is 0 Å². The molecule has 0 aromatic rings. The van der Waals surface area contributed by atoms with Crippen molar-refractivity contribution in [2.45, 2.75) is 45.3 Å². The molecule has 1 rings (SSSR count). The van der Waals surface area contributed by atoms with Gasteiger partial charge in [-0.05, 0) is 39.6 Å². The average molecular weight is 184 g/mol. The summed E-state index contributed by atoms with van der Waals surface area (Å²) in [5, 5.41) is 18.1. The zero-order valence-electron chi connectivity index (χ0n) is 8.66. The molecule has 13 heavy (non-hydrogen) atoms. The van der Waals surface area contributed by atoms with Crippen molar-refractivity contribution in [2.24, 2.45) is 0 Å². The topological polar surface area (TPSA) is 49.7 Å². The summed E-state index contributed by atoms with van der Waals surface area (Å²) in [5.74, 6) is 0. The van der Waals surface area contributed by atoms with Gasteiger partial charge in [0.05, 0.1) is 11.2 Å². The molecule has 2 N–H and O–H groups in total. The number of hydrogen-bond donors (Lipinski definition) is 2. The Kier molecular flexibility index (Phi) is 2.58. The zero-order valence-corrected chi connectivity index (χ0v) is 8.66. The van der Waals surface area contributed by atoms with Gasteiger partial charge >= 0.3 is 7.12 Å². The Labute approximate surface area is 79.6 Å². The van der Waals surface area contributed by atoms with Gasteiger partial charge in [-0.15, -0.1) is 0 Å². The number of hydrogen-bond acceptors (Lipinski definition) is 3. The molecule has 1 aliphatic rings. The molecule has 0 atom stereocenters. The molecule has 0 spiro atoms. The maximum absolute atomic E-state index is 9.07. The molecule has 0 aromatic heterocycles. The molecule has 0 aromatic carbocycles. The van der Waals surface area contributed by atoms with Crippen molar-refractivity contribution < 1.29 is 14.8 Å². The zero-order chi connectivity index (χ0) is 10.3. The van der Waals surface area contributed by atoms with Crippen LogP contribution in [0.25, 0.3) is 0 Å². The first-order chi connectivity index (χ1) is 5.72. The minimum absolute atomic E-state index is 0.322. The van der Waals surface area contributed by atoms with Crippen LogP contribution in [0.2, 0.25) is 0 Å². The van der Waals surface area contributed by atoms with Crippen molar-refractivity contribution in [3.63, 3.8) is 0 Å². The Bertz CT molecular complexity index is 231. The Balaban J connectivity index is 2.93. The first-order valence-corrected chi connectivity index (χ1v) is 4.50. The number of ether oxygens (including phenoxy) is 1. The van der Waals surface area contributed by atoms with Crippen molar-refractivity contribution in [3.05, 3.63) is 11.5 Å². The van der Waals surface area contributed by atoms with Crippen LogP contribution in [0.5, 0.6) is 0 Å². The Morgan fingerprint density at radius 1 is 1.31 bits per heavy atom. The minimum Gasteiger partial charge on any atom is -0.423 e. The van der Waals surface area contributed by atoms with Gasteiger partial charge in [0, 0.05) is 0 Å². The van der Waals surface area contributed by atoms with Gasteiger partial charge in [0.25, 0.3) is 0 Å². The van der Waals surface area contributed by atoms with E-state index in [1.807, 2.05) is 27.7 Å². The highest BCUT2D eigenvalue weighted by Crippen LogP contribution is 2.33. The van der Waals surface area contributed by atoms with Crippen LogP contribution in [0, 0.1) is 0 Å². The fraction of sp³-hybridized carbons (Fsp3) is 0.778. The second-order valence-electron chi connectivity index (χ2n) is 4.73. The molecule has 0 fully saturated rings. The molecule has 0 unspecified atom stereocenters. The molecular weight excluding hydrogens is 167 g/mol. The molecule has 0 saturated heterocycles. The van der Waals surface area contributed by atoms with E-state index in [1.165, 1.54) is 0 Å². The lowest BCUT2D eigenvalue weighted by Crippen LogP contribution is -2.42. The van der Waals surface area contributed by atoms with Crippen molar-refractivity contribution >= 4 is 7.12 Å². The Hall–Kier alpha value is -0.315. The highest BCUT2D eigenvalue weighted by Gasteiger charge is 2.36. The SMILES string of the molecule is CC1(C)C=C(B(O)O)CC(C)(C)O1. The van der Waals surface area contributed by atoms with E-state index in [-0.39, 0.29) is 5.60 Å². The van der Waals surface area contributed by atoms with Gasteiger partial charge in [0.2, 0.25) is 0 Å². The van der Waals surface area contributed by atoms with Crippen molar-refractivity contribution in [3.8, 4) is 0 Å². The second-order valence-corrected chi connectivity index (χ2v) is 4.73. The monoisotopic (exact) mass is 184 g/mol. The quantitative estimate of drug-likeness (QED) is 0.595. The largest absolute Gasteiger partial charge is 0.484 e. The van der Waals surface area contributed by atoms with E-state index in [0.29, 0.717) is 11.9 Å². The summed E-state index contributed by atoms with van der Waals surface area (Å²) in [6, 6.07) is 0. The van der Waals surface area contributed by atoms with Crippen LogP contribution >= 0.6 is 0 Å². The van der Waals surface area contributed by atoms with E-state index in [1.54, 1.807) is 6.08 Å². The summed E-state index contributed by atoms with van der Waals surface area (Å²) < 4.78 is 5.74. The van der Waals surface area contributed by atoms with E-state index >= 15 is 0 Å². The molecule has 0 aliphatic carbocycles. The molecule has 1 heterocycles. The smallest absolute Gasteiger partial charge is 0.423 e. The van der Waals surface area contributed by atoms with Crippen LogP contribution in [0.15, 0.2) is 11.5 Å². The maximum atomic E-state index is 9.07. The van der Waals surface area contributed by atoms with E-state index in [0.717, 1.165) is 0 Å². The van der Waals surface area contributed by atoms with Crippen LogP contribution in [-0.4, -0.2) is 28.4 Å². The van der Waals surface area contributed by atoms with Crippen molar-refractivity contribution in [1.29, 1.82) is 0 Å². The Morgan fingerprint density at radius 2 is 1.85 bits per heavy atom. The van der Waals surface area contributed by atoms with E-state index in [9.17, 15) is 0 Å². The highest BCUT2D eigenvalue weighted by molar-refractivity contribution is 6.50. The van der Waals surface area contributed by atoms with Gasteiger partial charge < -0.3 is 14.8 Å². The summed E-state index contributed by atoms with van der Waals surface area (Å²) in [6.07, 6.45) is 2.34. The normalized spacial score (nSPS) is 25.2. The van der Waals surface area contributed by atoms with Gasteiger partial charge in [-0.2, -0.15) is 0 Å². The summed E-state index contributed by atoms with van der Waals surface area (Å²) in [7, 11) is -1.36. The first-order valence-electron chi connectivity index (χ1n) is 4.50. The maximum Gasteiger partial charge on any atom is 0.484 e. The van der Waals surface area contributed by atoms with E-state index < -0.39 is 12.7 Å². The molecule has 0 saturated carbocycles. The highest BCUT2D eigenvalue weighted by atomic mass is 16.5. The average Bonchev–Trinajstić information content (AvgIpc) is 1.79. The summed E-state index contributed by atoms with van der Waals surface area (Å²) in [4.78, 5) is 0. The fourth-order valence-electron chi connectivity index (χ4n) is 1.93. The predicted octanol–water partition coefficient (Wildman–Crippen LogP) is 0.902. The van der Waals surface area contributed by atoms with Gasteiger partial charge in [0.1, 0.15) is 0 Å².